The first-order chi connectivity index (χ1) is 10.9. The number of aliphatic imine (C=N–C) groups is 1. The number of alkyl halides is 1. The molecule has 0 aromatic carbocycles. The van der Waals surface area contributed by atoms with Gasteiger partial charge in [-0.1, -0.05) is 30.4 Å². The van der Waals surface area contributed by atoms with Crippen molar-refractivity contribution in [3.8, 4) is 0 Å². The SMILES string of the molecule is CC(C)(C)[Si](C)(C)OCC1(F)C(=O)N(F)C(=O)N=C1C1CCCO1. The van der Waals surface area contributed by atoms with Crippen molar-refractivity contribution in [2.24, 2.45) is 4.99 Å². The van der Waals surface area contributed by atoms with Crippen molar-refractivity contribution in [2.45, 2.75) is 63.5 Å². The van der Waals surface area contributed by atoms with Gasteiger partial charge in [0.05, 0.1) is 12.7 Å². The van der Waals surface area contributed by atoms with Gasteiger partial charge in [0.1, 0.15) is 5.71 Å². The van der Waals surface area contributed by atoms with Gasteiger partial charge in [0.2, 0.25) is 0 Å². The van der Waals surface area contributed by atoms with Gasteiger partial charge in [0.25, 0.3) is 5.67 Å². The lowest BCUT2D eigenvalue weighted by atomic mass is 9.92. The fraction of sp³-hybridized carbons (Fsp3) is 0.800. The molecule has 1 saturated heterocycles. The molecule has 0 spiro atoms. The lowest BCUT2D eigenvalue weighted by Gasteiger charge is -2.39. The minimum absolute atomic E-state index is 0.215. The predicted molar refractivity (Wildman–Crippen MR) is 86.7 cm³/mol. The number of hydrogen-bond acceptors (Lipinski definition) is 4. The number of imide groups is 1. The molecular formula is C15H24F2N2O4Si. The Balaban J connectivity index is 2.32. The summed E-state index contributed by atoms with van der Waals surface area (Å²) in [5.74, 6) is -1.59. The molecule has 0 saturated carbocycles. The van der Waals surface area contributed by atoms with Crippen LogP contribution in [0.5, 0.6) is 0 Å². The molecule has 24 heavy (non-hydrogen) atoms. The highest BCUT2D eigenvalue weighted by Gasteiger charge is 2.57. The molecule has 0 N–H and O–H groups in total. The van der Waals surface area contributed by atoms with E-state index in [1.807, 2.05) is 33.9 Å². The van der Waals surface area contributed by atoms with Crippen LogP contribution in [0.2, 0.25) is 18.1 Å². The zero-order valence-corrected chi connectivity index (χ0v) is 15.7. The van der Waals surface area contributed by atoms with Crippen molar-refractivity contribution in [2.75, 3.05) is 13.2 Å². The van der Waals surface area contributed by atoms with Crippen LogP contribution in [0.3, 0.4) is 0 Å². The maximum absolute atomic E-state index is 15.5. The van der Waals surface area contributed by atoms with Crippen molar-refractivity contribution >= 4 is 26.0 Å². The van der Waals surface area contributed by atoms with E-state index in [1.54, 1.807) is 0 Å². The van der Waals surface area contributed by atoms with Gasteiger partial charge >= 0.3 is 11.9 Å². The van der Waals surface area contributed by atoms with Crippen molar-refractivity contribution in [1.82, 2.24) is 5.12 Å². The van der Waals surface area contributed by atoms with Crippen LogP contribution in [-0.2, 0) is 14.0 Å². The van der Waals surface area contributed by atoms with Gasteiger partial charge in [-0.15, -0.1) is 0 Å². The fourth-order valence-corrected chi connectivity index (χ4v) is 3.33. The predicted octanol–water partition coefficient (Wildman–Crippen LogP) is 3.18. The van der Waals surface area contributed by atoms with Gasteiger partial charge in [0.15, 0.2) is 8.32 Å². The lowest BCUT2D eigenvalue weighted by Crippen LogP contribution is -2.61. The van der Waals surface area contributed by atoms with E-state index in [4.69, 9.17) is 9.16 Å². The van der Waals surface area contributed by atoms with E-state index in [-0.39, 0.29) is 10.7 Å². The Bertz CT molecular complexity index is 570. The highest BCUT2D eigenvalue weighted by Crippen LogP contribution is 2.38. The summed E-state index contributed by atoms with van der Waals surface area (Å²) in [6, 6.07) is -1.42. The first-order valence-electron chi connectivity index (χ1n) is 7.98. The van der Waals surface area contributed by atoms with Crippen molar-refractivity contribution in [3.05, 3.63) is 0 Å². The van der Waals surface area contributed by atoms with Crippen molar-refractivity contribution in [3.63, 3.8) is 0 Å². The molecule has 0 aromatic heterocycles. The summed E-state index contributed by atoms with van der Waals surface area (Å²) in [4.78, 5) is 27.1. The second-order valence-corrected chi connectivity index (χ2v) is 12.5. The van der Waals surface area contributed by atoms with Crippen molar-refractivity contribution in [1.29, 1.82) is 0 Å². The third kappa shape index (κ3) is 3.29. The molecule has 2 heterocycles. The summed E-state index contributed by atoms with van der Waals surface area (Å²) in [6.07, 6.45) is 0.279. The Morgan fingerprint density at radius 1 is 1.42 bits per heavy atom. The van der Waals surface area contributed by atoms with E-state index in [9.17, 15) is 14.1 Å². The molecule has 0 aromatic rings. The normalized spacial score (nSPS) is 29.2. The molecule has 0 radical (unpaired) electrons. The van der Waals surface area contributed by atoms with Crippen LogP contribution in [0.25, 0.3) is 0 Å². The monoisotopic (exact) mass is 362 g/mol. The molecule has 2 aliphatic rings. The Morgan fingerprint density at radius 3 is 2.54 bits per heavy atom. The minimum Gasteiger partial charge on any atom is -0.413 e. The maximum atomic E-state index is 15.5. The van der Waals surface area contributed by atoms with E-state index in [0.29, 0.717) is 19.4 Å². The summed E-state index contributed by atoms with van der Waals surface area (Å²) < 4.78 is 40.4. The third-order valence-electron chi connectivity index (χ3n) is 4.98. The number of carbonyl (C=O) groups excluding carboxylic acids is 2. The molecule has 3 amide bonds. The number of amides is 3. The van der Waals surface area contributed by atoms with Crippen molar-refractivity contribution < 1.29 is 27.6 Å². The highest BCUT2D eigenvalue weighted by molar-refractivity contribution is 6.74. The summed E-state index contributed by atoms with van der Waals surface area (Å²) in [7, 11) is -2.39. The third-order valence-corrected chi connectivity index (χ3v) is 9.46. The topological polar surface area (TPSA) is 68.2 Å². The lowest BCUT2D eigenvalue weighted by molar-refractivity contribution is -0.151. The summed E-state index contributed by atoms with van der Waals surface area (Å²) >= 11 is 0. The zero-order chi connectivity index (χ0) is 18.3. The first-order valence-corrected chi connectivity index (χ1v) is 10.9. The van der Waals surface area contributed by atoms with Gasteiger partial charge < -0.3 is 9.16 Å². The number of halogens is 2. The number of hydrogen-bond donors (Lipinski definition) is 0. The van der Waals surface area contributed by atoms with Gasteiger partial charge in [-0.2, -0.15) is 4.99 Å². The molecule has 2 rings (SSSR count). The Labute approximate surface area is 141 Å². The maximum Gasteiger partial charge on any atom is 0.379 e. The molecule has 136 valence electrons. The van der Waals surface area contributed by atoms with E-state index in [1.165, 1.54) is 0 Å². The van der Waals surface area contributed by atoms with Crippen LogP contribution >= 0.6 is 0 Å². The van der Waals surface area contributed by atoms with Gasteiger partial charge in [-0.25, -0.2) is 9.18 Å². The summed E-state index contributed by atoms with van der Waals surface area (Å²) in [5.41, 5.74) is -3.20. The minimum atomic E-state index is -2.83. The summed E-state index contributed by atoms with van der Waals surface area (Å²) in [5, 5.41) is -0.999. The second-order valence-electron chi connectivity index (χ2n) is 7.72. The quantitative estimate of drug-likeness (QED) is 0.569. The smallest absolute Gasteiger partial charge is 0.379 e. The molecule has 2 unspecified atom stereocenters. The van der Waals surface area contributed by atoms with Crippen LogP contribution in [-0.4, -0.2) is 56.1 Å². The zero-order valence-electron chi connectivity index (χ0n) is 14.7. The van der Waals surface area contributed by atoms with E-state index >= 15 is 4.39 Å². The average molecular weight is 362 g/mol. The van der Waals surface area contributed by atoms with Crippen LogP contribution in [0.4, 0.5) is 13.7 Å². The number of carbonyl (C=O) groups is 2. The molecule has 2 aliphatic heterocycles. The van der Waals surface area contributed by atoms with Gasteiger partial charge in [-0.05, 0) is 31.0 Å². The summed E-state index contributed by atoms with van der Waals surface area (Å²) in [6.45, 7) is 9.39. The molecule has 0 bridgehead atoms. The van der Waals surface area contributed by atoms with E-state index < -0.39 is 43.8 Å². The molecule has 0 aliphatic carbocycles. The highest BCUT2D eigenvalue weighted by atomic mass is 28.4. The number of nitrogens with zero attached hydrogens (tertiary/aromatic N) is 2. The second kappa shape index (κ2) is 6.27. The van der Waals surface area contributed by atoms with Crippen LogP contribution < -0.4 is 0 Å². The van der Waals surface area contributed by atoms with Crippen LogP contribution in [0.15, 0.2) is 4.99 Å². The van der Waals surface area contributed by atoms with Crippen LogP contribution in [0, 0.1) is 0 Å². The van der Waals surface area contributed by atoms with Crippen LogP contribution in [0.1, 0.15) is 33.6 Å². The Hall–Kier alpha value is -1.19. The van der Waals surface area contributed by atoms with E-state index in [0.717, 1.165) is 0 Å². The number of rotatable bonds is 4. The molecule has 9 heteroatoms. The Kier molecular flexibility index (Phi) is 5.00. The van der Waals surface area contributed by atoms with E-state index in [2.05, 4.69) is 4.99 Å². The van der Waals surface area contributed by atoms with Gasteiger partial charge in [-0.3, -0.25) is 4.79 Å². The largest absolute Gasteiger partial charge is 0.413 e. The standard InChI is InChI=1S/C15H24F2N2O4Si/c1-14(2,3)24(4,5)23-9-15(16)11(10-7-6-8-22-10)18-13(21)19(17)12(15)20/h10H,6-9H2,1-5H3. The van der Waals surface area contributed by atoms with Gasteiger partial charge in [0, 0.05) is 6.61 Å². The average Bonchev–Trinajstić information content (AvgIpc) is 3.00. The number of urea groups is 1. The molecule has 6 nitrogen and oxygen atoms in total. The first kappa shape index (κ1) is 19.1. The number of ether oxygens (including phenoxy) is 1. The molecule has 2 atom stereocenters. The molecular weight excluding hydrogens is 338 g/mol. The Morgan fingerprint density at radius 2 is 2.04 bits per heavy atom. The molecule has 1 fully saturated rings. The fourth-order valence-electron chi connectivity index (χ4n) is 2.34.